The van der Waals surface area contributed by atoms with Crippen molar-refractivity contribution < 1.29 is 4.92 Å². The monoisotopic (exact) mass is 314 g/mol. The van der Waals surface area contributed by atoms with Gasteiger partial charge in [0.05, 0.1) is 15.5 Å². The highest BCUT2D eigenvalue weighted by molar-refractivity contribution is 7.99. The molecule has 0 aliphatic heterocycles. The number of halogens is 1. The summed E-state index contributed by atoms with van der Waals surface area (Å²) >= 11 is 8.09. The van der Waals surface area contributed by atoms with Gasteiger partial charge in [0.2, 0.25) is 0 Å². The molecule has 0 heterocycles. The molecule has 0 saturated heterocycles. The van der Waals surface area contributed by atoms with Crippen LogP contribution in [-0.2, 0) is 6.54 Å². The molecule has 2 rings (SSSR count). The molecule has 20 heavy (non-hydrogen) atoms. The number of hydrogen-bond acceptors (Lipinski definition) is 4. The minimum Gasteiger partial charge on any atom is -0.310 e. The third-order valence-corrected chi connectivity index (χ3v) is 5.23. The maximum Gasteiger partial charge on any atom is 0.275 e. The van der Waals surface area contributed by atoms with Crippen LogP contribution in [-0.4, -0.2) is 22.0 Å². The Morgan fingerprint density at radius 3 is 3.00 bits per heavy atom. The van der Waals surface area contributed by atoms with E-state index in [2.05, 4.69) is 12.2 Å². The summed E-state index contributed by atoms with van der Waals surface area (Å²) in [4.78, 5) is 10.7. The number of rotatable bonds is 6. The highest BCUT2D eigenvalue weighted by Crippen LogP contribution is 2.31. The average molecular weight is 315 g/mol. The van der Waals surface area contributed by atoms with Crippen LogP contribution < -0.4 is 5.32 Å². The van der Waals surface area contributed by atoms with Crippen LogP contribution in [0.4, 0.5) is 5.69 Å². The molecular formula is C14H19ClN2O2S. The number of hydrogen-bond donors (Lipinski definition) is 1. The SMILES string of the molecule is CCSC1CCC(NCc2c(Cl)cccc2[N+](=O)[O-])C1. The molecule has 0 aromatic heterocycles. The Labute approximate surface area is 128 Å². The molecule has 0 spiro atoms. The lowest BCUT2D eigenvalue weighted by Gasteiger charge is -2.14. The van der Waals surface area contributed by atoms with Gasteiger partial charge < -0.3 is 5.32 Å². The number of thioether (sulfide) groups is 1. The van der Waals surface area contributed by atoms with Crippen LogP contribution in [0.1, 0.15) is 31.7 Å². The fourth-order valence-electron chi connectivity index (χ4n) is 2.65. The molecule has 4 nitrogen and oxygen atoms in total. The van der Waals surface area contributed by atoms with E-state index in [1.54, 1.807) is 12.1 Å². The van der Waals surface area contributed by atoms with Gasteiger partial charge in [0.1, 0.15) is 0 Å². The molecule has 1 fully saturated rings. The molecule has 0 amide bonds. The van der Waals surface area contributed by atoms with E-state index in [9.17, 15) is 10.1 Å². The van der Waals surface area contributed by atoms with Crippen molar-refractivity contribution in [2.45, 2.75) is 44.0 Å². The molecule has 1 N–H and O–H groups in total. The maximum absolute atomic E-state index is 11.0. The van der Waals surface area contributed by atoms with Gasteiger partial charge in [-0.15, -0.1) is 0 Å². The van der Waals surface area contributed by atoms with Crippen molar-refractivity contribution in [1.29, 1.82) is 0 Å². The van der Waals surface area contributed by atoms with Crippen LogP contribution in [0.5, 0.6) is 0 Å². The summed E-state index contributed by atoms with van der Waals surface area (Å²) in [5, 5.41) is 15.6. The van der Waals surface area contributed by atoms with E-state index in [0.29, 0.717) is 23.2 Å². The average Bonchev–Trinajstić information content (AvgIpc) is 2.85. The number of nitro benzene ring substituents is 1. The van der Waals surface area contributed by atoms with Gasteiger partial charge >= 0.3 is 0 Å². The molecular weight excluding hydrogens is 296 g/mol. The second-order valence-corrected chi connectivity index (χ2v) is 6.95. The molecule has 1 aliphatic carbocycles. The summed E-state index contributed by atoms with van der Waals surface area (Å²) in [7, 11) is 0. The lowest BCUT2D eigenvalue weighted by molar-refractivity contribution is -0.385. The molecule has 2 unspecified atom stereocenters. The quantitative estimate of drug-likeness (QED) is 0.636. The van der Waals surface area contributed by atoms with Gasteiger partial charge in [-0.05, 0) is 31.1 Å². The Morgan fingerprint density at radius 1 is 1.50 bits per heavy atom. The van der Waals surface area contributed by atoms with Crippen molar-refractivity contribution in [3.8, 4) is 0 Å². The first-order valence-corrected chi connectivity index (χ1v) is 8.31. The molecule has 1 saturated carbocycles. The molecule has 6 heteroatoms. The fraction of sp³-hybridized carbons (Fsp3) is 0.571. The van der Waals surface area contributed by atoms with Gasteiger partial charge in [0.25, 0.3) is 5.69 Å². The molecule has 2 atom stereocenters. The Kier molecular flexibility index (Phi) is 5.69. The highest BCUT2D eigenvalue weighted by atomic mass is 35.5. The summed E-state index contributed by atoms with van der Waals surface area (Å²) in [6.07, 6.45) is 3.49. The Balaban J connectivity index is 1.96. The van der Waals surface area contributed by atoms with E-state index in [0.717, 1.165) is 23.8 Å². The van der Waals surface area contributed by atoms with E-state index >= 15 is 0 Å². The van der Waals surface area contributed by atoms with Gasteiger partial charge in [-0.3, -0.25) is 10.1 Å². The number of nitrogens with zero attached hydrogens (tertiary/aromatic N) is 1. The van der Waals surface area contributed by atoms with Gasteiger partial charge in [-0.25, -0.2) is 0 Å². The summed E-state index contributed by atoms with van der Waals surface area (Å²) < 4.78 is 0. The van der Waals surface area contributed by atoms with Crippen molar-refractivity contribution in [1.82, 2.24) is 5.32 Å². The summed E-state index contributed by atoms with van der Waals surface area (Å²) in [5.74, 6) is 1.15. The third-order valence-electron chi connectivity index (χ3n) is 3.65. The molecule has 1 aromatic carbocycles. The van der Waals surface area contributed by atoms with Crippen molar-refractivity contribution in [3.05, 3.63) is 38.9 Å². The first-order chi connectivity index (χ1) is 9.61. The zero-order valence-electron chi connectivity index (χ0n) is 11.5. The van der Waals surface area contributed by atoms with Crippen molar-refractivity contribution >= 4 is 29.1 Å². The molecule has 110 valence electrons. The predicted octanol–water partition coefficient (Wildman–Crippen LogP) is 4.01. The Bertz CT molecular complexity index is 484. The Hall–Kier alpha value is -0.780. The summed E-state index contributed by atoms with van der Waals surface area (Å²) in [5.41, 5.74) is 0.688. The number of nitro groups is 1. The fourth-order valence-corrected chi connectivity index (χ4v) is 4.03. The van der Waals surface area contributed by atoms with Gasteiger partial charge in [-0.2, -0.15) is 11.8 Å². The van der Waals surface area contributed by atoms with E-state index < -0.39 is 0 Å². The van der Waals surface area contributed by atoms with E-state index in [1.807, 2.05) is 11.8 Å². The van der Waals surface area contributed by atoms with Crippen LogP contribution in [0.15, 0.2) is 18.2 Å². The smallest absolute Gasteiger partial charge is 0.275 e. The Morgan fingerprint density at radius 2 is 2.30 bits per heavy atom. The standard InChI is InChI=1S/C14H19ClN2O2S/c1-2-20-11-7-6-10(8-11)16-9-12-13(15)4-3-5-14(12)17(18)19/h3-5,10-11,16H,2,6-9H2,1H3. The van der Waals surface area contributed by atoms with Crippen LogP contribution in [0.25, 0.3) is 0 Å². The lowest BCUT2D eigenvalue weighted by Crippen LogP contribution is -2.26. The third kappa shape index (κ3) is 3.87. The van der Waals surface area contributed by atoms with E-state index in [1.165, 1.54) is 12.5 Å². The zero-order chi connectivity index (χ0) is 14.5. The second-order valence-electron chi connectivity index (χ2n) is 4.96. The summed E-state index contributed by atoms with van der Waals surface area (Å²) in [6.45, 7) is 2.64. The molecule has 1 aliphatic rings. The molecule has 0 bridgehead atoms. The maximum atomic E-state index is 11.0. The first-order valence-electron chi connectivity index (χ1n) is 6.88. The van der Waals surface area contributed by atoms with E-state index in [-0.39, 0.29) is 10.6 Å². The van der Waals surface area contributed by atoms with Crippen LogP contribution in [0.2, 0.25) is 5.02 Å². The predicted molar refractivity (Wildman–Crippen MR) is 84.5 cm³/mol. The van der Waals surface area contributed by atoms with Gasteiger partial charge in [0, 0.05) is 23.9 Å². The normalized spacial score (nSPS) is 22.1. The lowest BCUT2D eigenvalue weighted by atomic mass is 10.1. The molecule has 1 aromatic rings. The van der Waals surface area contributed by atoms with Crippen LogP contribution in [0, 0.1) is 10.1 Å². The second kappa shape index (κ2) is 7.29. The topological polar surface area (TPSA) is 55.2 Å². The van der Waals surface area contributed by atoms with Crippen LogP contribution in [0.3, 0.4) is 0 Å². The largest absolute Gasteiger partial charge is 0.310 e. The van der Waals surface area contributed by atoms with Crippen molar-refractivity contribution in [2.24, 2.45) is 0 Å². The van der Waals surface area contributed by atoms with Gasteiger partial charge in [-0.1, -0.05) is 24.6 Å². The van der Waals surface area contributed by atoms with E-state index in [4.69, 9.17) is 11.6 Å². The van der Waals surface area contributed by atoms with Crippen molar-refractivity contribution in [3.63, 3.8) is 0 Å². The highest BCUT2D eigenvalue weighted by Gasteiger charge is 2.25. The number of benzene rings is 1. The summed E-state index contributed by atoms with van der Waals surface area (Å²) in [6, 6.07) is 5.27. The first kappa shape index (κ1) is 15.6. The zero-order valence-corrected chi connectivity index (χ0v) is 13.0. The van der Waals surface area contributed by atoms with Gasteiger partial charge in [0.15, 0.2) is 0 Å². The minimum atomic E-state index is -0.368. The number of nitrogens with one attached hydrogen (secondary N) is 1. The minimum absolute atomic E-state index is 0.0995. The van der Waals surface area contributed by atoms with Crippen LogP contribution >= 0.6 is 23.4 Å². The molecule has 0 radical (unpaired) electrons. The van der Waals surface area contributed by atoms with Crippen molar-refractivity contribution in [2.75, 3.05) is 5.75 Å².